The van der Waals surface area contributed by atoms with Crippen molar-refractivity contribution in [2.24, 2.45) is 0 Å². The molecule has 6 nitrogen and oxygen atoms in total. The van der Waals surface area contributed by atoms with Gasteiger partial charge < -0.3 is 9.84 Å². The molecule has 100 valence electrons. The summed E-state index contributed by atoms with van der Waals surface area (Å²) in [6.45, 7) is 0. The van der Waals surface area contributed by atoms with Gasteiger partial charge in [-0.05, 0) is 5.56 Å². The minimum Gasteiger partial charge on any atom is -0.468 e. The van der Waals surface area contributed by atoms with Crippen LogP contribution in [0.15, 0.2) is 30.3 Å². The number of benzene rings is 1. The first-order chi connectivity index (χ1) is 8.35. The molecule has 0 heterocycles. The lowest BCUT2D eigenvalue weighted by Gasteiger charge is -2.21. The van der Waals surface area contributed by atoms with E-state index in [1.807, 2.05) is 0 Å². The number of esters is 1. The van der Waals surface area contributed by atoms with Gasteiger partial charge in [-0.15, -0.1) is 0 Å². The molecule has 2 N–H and O–H groups in total. The standard InChI is InChI=1S/C11H15NO5S/c1-17-11(14)9(12-18(2,15)16)10(13)8-6-4-3-5-7-8/h3-7,9-10,12-13H,1-2H3/t9-,10+/m1/s1. The van der Waals surface area contributed by atoms with Gasteiger partial charge in [0.15, 0.2) is 0 Å². The summed E-state index contributed by atoms with van der Waals surface area (Å²) in [5, 5.41) is 10.0. The molecule has 0 amide bonds. The Balaban J connectivity index is 3.00. The molecule has 0 aliphatic heterocycles. The highest BCUT2D eigenvalue weighted by Crippen LogP contribution is 2.17. The Labute approximate surface area is 106 Å². The molecule has 0 saturated carbocycles. The number of aliphatic hydroxyl groups excluding tert-OH is 1. The summed E-state index contributed by atoms with van der Waals surface area (Å²) >= 11 is 0. The molecule has 0 saturated heterocycles. The van der Waals surface area contributed by atoms with Crippen molar-refractivity contribution >= 4 is 16.0 Å². The SMILES string of the molecule is COC(=O)[C@H](NS(C)(=O)=O)[C@@H](O)c1ccccc1. The van der Waals surface area contributed by atoms with Crippen LogP contribution in [-0.4, -0.2) is 38.9 Å². The summed E-state index contributed by atoms with van der Waals surface area (Å²) in [5.74, 6) is -0.850. The Kier molecular flexibility index (Phi) is 4.83. The van der Waals surface area contributed by atoms with E-state index < -0.39 is 28.1 Å². The molecule has 0 aliphatic carbocycles. The average Bonchev–Trinajstić information content (AvgIpc) is 2.34. The zero-order valence-electron chi connectivity index (χ0n) is 10.0. The number of aliphatic hydroxyl groups is 1. The minimum absolute atomic E-state index is 0.420. The van der Waals surface area contributed by atoms with E-state index in [4.69, 9.17) is 0 Å². The Bertz CT molecular complexity index is 499. The Morgan fingerprint density at radius 3 is 2.33 bits per heavy atom. The van der Waals surface area contributed by atoms with E-state index in [9.17, 15) is 18.3 Å². The highest BCUT2D eigenvalue weighted by atomic mass is 32.2. The quantitative estimate of drug-likeness (QED) is 0.725. The lowest BCUT2D eigenvalue weighted by atomic mass is 10.0. The maximum atomic E-state index is 11.5. The van der Waals surface area contributed by atoms with E-state index in [2.05, 4.69) is 9.46 Å². The molecule has 7 heteroatoms. The number of hydrogen-bond donors (Lipinski definition) is 2. The summed E-state index contributed by atoms with van der Waals surface area (Å²) in [4.78, 5) is 11.5. The van der Waals surface area contributed by atoms with Gasteiger partial charge in [-0.25, -0.2) is 8.42 Å². The van der Waals surface area contributed by atoms with Crippen molar-refractivity contribution in [1.82, 2.24) is 4.72 Å². The fraction of sp³-hybridized carbons (Fsp3) is 0.364. The van der Waals surface area contributed by atoms with E-state index in [1.54, 1.807) is 30.3 Å². The first-order valence-electron chi connectivity index (χ1n) is 5.13. The normalized spacial score (nSPS) is 14.8. The third-order valence-electron chi connectivity index (χ3n) is 2.25. The summed E-state index contributed by atoms with van der Waals surface area (Å²) in [7, 11) is -2.52. The third-order valence-corrected chi connectivity index (χ3v) is 2.94. The van der Waals surface area contributed by atoms with Gasteiger partial charge in [-0.1, -0.05) is 30.3 Å². The minimum atomic E-state index is -3.64. The third kappa shape index (κ3) is 4.10. The van der Waals surface area contributed by atoms with Crippen molar-refractivity contribution in [3.8, 4) is 0 Å². The summed E-state index contributed by atoms with van der Waals surface area (Å²) < 4.78 is 28.9. The van der Waals surface area contributed by atoms with Crippen LogP contribution in [0, 0.1) is 0 Å². The number of carbonyl (C=O) groups excluding carboxylic acids is 1. The molecular formula is C11H15NO5S. The molecule has 0 bridgehead atoms. The number of nitrogens with one attached hydrogen (secondary N) is 1. The molecule has 0 aliphatic rings. The number of methoxy groups -OCH3 is 1. The second kappa shape index (κ2) is 5.94. The number of hydrogen-bond acceptors (Lipinski definition) is 5. The molecule has 0 aromatic heterocycles. The van der Waals surface area contributed by atoms with Crippen LogP contribution in [0.3, 0.4) is 0 Å². The molecule has 1 aromatic rings. The second-order valence-corrected chi connectivity index (χ2v) is 5.53. The molecular weight excluding hydrogens is 258 g/mol. The second-order valence-electron chi connectivity index (χ2n) is 3.75. The van der Waals surface area contributed by atoms with Crippen molar-refractivity contribution in [3.63, 3.8) is 0 Å². The van der Waals surface area contributed by atoms with Crippen molar-refractivity contribution in [1.29, 1.82) is 0 Å². The molecule has 2 atom stereocenters. The molecule has 1 rings (SSSR count). The Hall–Kier alpha value is -1.44. The average molecular weight is 273 g/mol. The van der Waals surface area contributed by atoms with Gasteiger partial charge in [-0.3, -0.25) is 4.79 Å². The predicted octanol–water partition coefficient (Wildman–Crippen LogP) is -0.189. The highest BCUT2D eigenvalue weighted by Gasteiger charge is 2.31. The van der Waals surface area contributed by atoms with Crippen LogP contribution >= 0.6 is 0 Å². The van der Waals surface area contributed by atoms with Gasteiger partial charge in [0.05, 0.1) is 13.4 Å². The van der Waals surface area contributed by atoms with E-state index in [1.165, 1.54) is 0 Å². The maximum absolute atomic E-state index is 11.5. The van der Waals surface area contributed by atoms with Crippen LogP contribution in [0.5, 0.6) is 0 Å². The van der Waals surface area contributed by atoms with Crippen molar-refractivity contribution in [2.75, 3.05) is 13.4 Å². The smallest absolute Gasteiger partial charge is 0.326 e. The monoisotopic (exact) mass is 273 g/mol. The molecule has 0 spiro atoms. The van der Waals surface area contributed by atoms with Crippen molar-refractivity contribution in [2.45, 2.75) is 12.1 Å². The summed E-state index contributed by atoms with van der Waals surface area (Å²) in [6.07, 6.45) is -0.408. The summed E-state index contributed by atoms with van der Waals surface area (Å²) in [5.41, 5.74) is 0.420. The zero-order valence-corrected chi connectivity index (χ0v) is 10.8. The lowest BCUT2D eigenvalue weighted by Crippen LogP contribution is -2.45. The summed E-state index contributed by atoms with van der Waals surface area (Å²) in [6, 6.07) is 6.90. The van der Waals surface area contributed by atoms with E-state index in [-0.39, 0.29) is 0 Å². The first kappa shape index (κ1) is 14.6. The Morgan fingerprint density at radius 2 is 1.89 bits per heavy atom. The van der Waals surface area contributed by atoms with Gasteiger partial charge in [0.1, 0.15) is 12.1 Å². The predicted molar refractivity (Wildman–Crippen MR) is 65.2 cm³/mol. The van der Waals surface area contributed by atoms with Gasteiger partial charge in [0.25, 0.3) is 0 Å². The maximum Gasteiger partial charge on any atom is 0.326 e. The number of ether oxygens (including phenoxy) is 1. The van der Waals surface area contributed by atoms with Crippen LogP contribution in [-0.2, 0) is 19.6 Å². The van der Waals surface area contributed by atoms with Crippen molar-refractivity contribution in [3.05, 3.63) is 35.9 Å². The van der Waals surface area contributed by atoms with Gasteiger partial charge in [0.2, 0.25) is 10.0 Å². The van der Waals surface area contributed by atoms with Gasteiger partial charge in [0, 0.05) is 0 Å². The number of rotatable bonds is 5. The topological polar surface area (TPSA) is 92.7 Å². The molecule has 0 unspecified atom stereocenters. The van der Waals surface area contributed by atoms with E-state index in [0.717, 1.165) is 13.4 Å². The van der Waals surface area contributed by atoms with Crippen LogP contribution in [0.4, 0.5) is 0 Å². The Morgan fingerprint density at radius 1 is 1.33 bits per heavy atom. The van der Waals surface area contributed by atoms with Crippen LogP contribution < -0.4 is 4.72 Å². The molecule has 1 aromatic carbocycles. The lowest BCUT2D eigenvalue weighted by molar-refractivity contribution is -0.145. The number of sulfonamides is 1. The van der Waals surface area contributed by atoms with Crippen LogP contribution in [0.1, 0.15) is 11.7 Å². The fourth-order valence-corrected chi connectivity index (χ4v) is 2.13. The fourth-order valence-electron chi connectivity index (χ4n) is 1.44. The molecule has 0 fully saturated rings. The van der Waals surface area contributed by atoms with Crippen molar-refractivity contribution < 1.29 is 23.1 Å². The van der Waals surface area contributed by atoms with E-state index >= 15 is 0 Å². The first-order valence-corrected chi connectivity index (χ1v) is 7.02. The van der Waals surface area contributed by atoms with Gasteiger partial charge >= 0.3 is 5.97 Å². The zero-order chi connectivity index (χ0) is 13.8. The van der Waals surface area contributed by atoms with E-state index in [0.29, 0.717) is 5.56 Å². The van der Waals surface area contributed by atoms with Gasteiger partial charge in [-0.2, -0.15) is 4.72 Å². The van der Waals surface area contributed by atoms with Crippen LogP contribution in [0.2, 0.25) is 0 Å². The highest BCUT2D eigenvalue weighted by molar-refractivity contribution is 7.88. The molecule has 0 radical (unpaired) electrons. The largest absolute Gasteiger partial charge is 0.468 e. The number of carbonyl (C=O) groups is 1. The molecule has 18 heavy (non-hydrogen) atoms. The van der Waals surface area contributed by atoms with Crippen LogP contribution in [0.25, 0.3) is 0 Å².